The van der Waals surface area contributed by atoms with Crippen LogP contribution in [0.2, 0.25) is 5.02 Å². The highest BCUT2D eigenvalue weighted by molar-refractivity contribution is 6.33. The smallest absolute Gasteiger partial charge is 0.272 e. The lowest BCUT2D eigenvalue weighted by molar-refractivity contribution is 0.0735. The van der Waals surface area contributed by atoms with Crippen LogP contribution in [0.5, 0.6) is 0 Å². The molecule has 0 unspecified atom stereocenters. The Labute approximate surface area is 176 Å². The summed E-state index contributed by atoms with van der Waals surface area (Å²) in [7, 11) is 1.83. The monoisotopic (exact) mass is 408 g/mol. The van der Waals surface area contributed by atoms with Crippen molar-refractivity contribution in [2.24, 2.45) is 7.05 Å². The molecule has 1 aliphatic rings. The minimum atomic E-state index is 0.0221. The third-order valence-electron chi connectivity index (χ3n) is 5.66. The van der Waals surface area contributed by atoms with Gasteiger partial charge in [-0.15, -0.1) is 0 Å². The van der Waals surface area contributed by atoms with E-state index >= 15 is 0 Å². The van der Waals surface area contributed by atoms with Crippen LogP contribution < -0.4 is 4.90 Å². The molecule has 0 bridgehead atoms. The van der Waals surface area contributed by atoms with Crippen molar-refractivity contribution in [3.63, 3.8) is 0 Å². The van der Waals surface area contributed by atoms with Crippen molar-refractivity contribution in [1.82, 2.24) is 14.7 Å². The van der Waals surface area contributed by atoms with Gasteiger partial charge in [0.05, 0.1) is 16.4 Å². The highest BCUT2D eigenvalue weighted by Crippen LogP contribution is 2.27. The van der Waals surface area contributed by atoms with Crippen LogP contribution in [0.1, 0.15) is 21.6 Å². The van der Waals surface area contributed by atoms with E-state index in [4.69, 9.17) is 11.6 Å². The SMILES string of the molecule is Cc1ccc(-c2cc(C(=O)N3CCN(c4ccccc4Cl)CC3)n(C)n2)cc1C. The zero-order chi connectivity index (χ0) is 20.5. The van der Waals surface area contributed by atoms with Crippen LogP contribution in [0.4, 0.5) is 5.69 Å². The lowest BCUT2D eigenvalue weighted by Gasteiger charge is -2.36. The summed E-state index contributed by atoms with van der Waals surface area (Å²) in [5, 5.41) is 5.33. The molecule has 2 aromatic carbocycles. The number of anilines is 1. The fourth-order valence-electron chi connectivity index (χ4n) is 3.73. The van der Waals surface area contributed by atoms with Gasteiger partial charge in [-0.2, -0.15) is 5.10 Å². The van der Waals surface area contributed by atoms with Crippen LogP contribution in [0.15, 0.2) is 48.5 Å². The Morgan fingerprint density at radius 2 is 1.69 bits per heavy atom. The zero-order valence-electron chi connectivity index (χ0n) is 17.0. The van der Waals surface area contributed by atoms with Crippen molar-refractivity contribution in [2.45, 2.75) is 13.8 Å². The first kappa shape index (κ1) is 19.5. The van der Waals surface area contributed by atoms with Crippen LogP contribution in [0.3, 0.4) is 0 Å². The summed E-state index contributed by atoms with van der Waals surface area (Å²) in [6, 6.07) is 16.0. The molecule has 0 saturated carbocycles. The lowest BCUT2D eigenvalue weighted by Crippen LogP contribution is -2.49. The first-order chi connectivity index (χ1) is 13.9. The summed E-state index contributed by atoms with van der Waals surface area (Å²) in [5.74, 6) is 0.0221. The molecule has 150 valence electrons. The molecule has 4 rings (SSSR count). The Morgan fingerprint density at radius 3 is 2.38 bits per heavy atom. The van der Waals surface area contributed by atoms with E-state index in [0.29, 0.717) is 18.8 Å². The van der Waals surface area contributed by atoms with Crippen molar-refractivity contribution in [3.05, 3.63) is 70.4 Å². The van der Waals surface area contributed by atoms with Crippen molar-refractivity contribution in [3.8, 4) is 11.3 Å². The van der Waals surface area contributed by atoms with Gasteiger partial charge in [-0.25, -0.2) is 0 Å². The van der Waals surface area contributed by atoms with Crippen molar-refractivity contribution in [1.29, 1.82) is 0 Å². The fraction of sp³-hybridized carbons (Fsp3) is 0.304. The van der Waals surface area contributed by atoms with Gasteiger partial charge >= 0.3 is 0 Å². The number of hydrogen-bond acceptors (Lipinski definition) is 3. The average molecular weight is 409 g/mol. The molecule has 1 aromatic heterocycles. The summed E-state index contributed by atoms with van der Waals surface area (Å²) >= 11 is 6.32. The van der Waals surface area contributed by atoms with Crippen molar-refractivity contribution < 1.29 is 4.79 Å². The number of nitrogens with zero attached hydrogens (tertiary/aromatic N) is 4. The van der Waals surface area contributed by atoms with E-state index in [0.717, 1.165) is 35.1 Å². The number of rotatable bonds is 3. The maximum absolute atomic E-state index is 13.1. The molecule has 0 radical (unpaired) electrons. The number of halogens is 1. The van der Waals surface area contributed by atoms with Crippen LogP contribution in [0, 0.1) is 13.8 Å². The first-order valence-electron chi connectivity index (χ1n) is 9.84. The normalized spacial score (nSPS) is 14.3. The van der Waals surface area contributed by atoms with Gasteiger partial charge in [-0.3, -0.25) is 9.48 Å². The van der Waals surface area contributed by atoms with E-state index in [1.807, 2.05) is 42.3 Å². The van der Waals surface area contributed by atoms with E-state index in [2.05, 4.69) is 42.0 Å². The summed E-state index contributed by atoms with van der Waals surface area (Å²) in [4.78, 5) is 17.2. The van der Waals surface area contributed by atoms with Gasteiger partial charge in [0.15, 0.2) is 0 Å². The number of aryl methyl sites for hydroxylation is 3. The van der Waals surface area contributed by atoms with Gasteiger partial charge in [0.2, 0.25) is 0 Å². The minimum Gasteiger partial charge on any atom is -0.367 e. The van der Waals surface area contributed by atoms with Crippen molar-refractivity contribution in [2.75, 3.05) is 31.1 Å². The van der Waals surface area contributed by atoms with Gasteiger partial charge < -0.3 is 9.80 Å². The predicted octanol–water partition coefficient (Wildman–Crippen LogP) is 4.32. The first-order valence-corrected chi connectivity index (χ1v) is 10.2. The molecule has 1 aliphatic heterocycles. The number of piperazine rings is 1. The zero-order valence-corrected chi connectivity index (χ0v) is 17.8. The van der Waals surface area contributed by atoms with E-state index in [1.54, 1.807) is 4.68 Å². The topological polar surface area (TPSA) is 41.4 Å². The van der Waals surface area contributed by atoms with Crippen LogP contribution in [-0.4, -0.2) is 46.8 Å². The number of carbonyl (C=O) groups excluding carboxylic acids is 1. The van der Waals surface area contributed by atoms with E-state index < -0.39 is 0 Å². The highest BCUT2D eigenvalue weighted by Gasteiger charge is 2.25. The second-order valence-corrected chi connectivity index (χ2v) is 7.98. The number of para-hydroxylation sites is 1. The molecule has 0 spiro atoms. The van der Waals surface area contributed by atoms with Gasteiger partial charge in [-0.1, -0.05) is 35.9 Å². The Morgan fingerprint density at radius 1 is 0.966 bits per heavy atom. The molecular weight excluding hydrogens is 384 g/mol. The molecule has 0 aliphatic carbocycles. The van der Waals surface area contributed by atoms with Crippen LogP contribution >= 0.6 is 11.6 Å². The molecule has 0 atom stereocenters. The maximum atomic E-state index is 13.1. The number of amides is 1. The quantitative estimate of drug-likeness (QED) is 0.648. The second kappa shape index (κ2) is 7.91. The molecule has 0 N–H and O–H groups in total. The third kappa shape index (κ3) is 3.87. The minimum absolute atomic E-state index is 0.0221. The number of benzene rings is 2. The molecule has 3 aromatic rings. The standard InChI is InChI=1S/C23H25ClN4O/c1-16-8-9-18(14-17(16)2)20-15-22(26(3)25-20)23(29)28-12-10-27(11-13-28)21-7-5-4-6-19(21)24/h4-9,14-15H,10-13H2,1-3H3. The molecule has 5 nitrogen and oxygen atoms in total. The van der Waals surface area contributed by atoms with Gasteiger partial charge in [-0.05, 0) is 49.2 Å². The molecule has 2 heterocycles. The van der Waals surface area contributed by atoms with Crippen molar-refractivity contribution >= 4 is 23.2 Å². The van der Waals surface area contributed by atoms with E-state index in [9.17, 15) is 4.79 Å². The Balaban J connectivity index is 1.49. The lowest BCUT2D eigenvalue weighted by atomic mass is 10.0. The molecule has 29 heavy (non-hydrogen) atoms. The van der Waals surface area contributed by atoms with Gasteiger partial charge in [0, 0.05) is 38.8 Å². The summed E-state index contributed by atoms with van der Waals surface area (Å²) in [6.45, 7) is 7.03. The second-order valence-electron chi connectivity index (χ2n) is 7.57. The average Bonchev–Trinajstić information content (AvgIpc) is 3.12. The van der Waals surface area contributed by atoms with E-state index in [1.165, 1.54) is 11.1 Å². The number of hydrogen-bond donors (Lipinski definition) is 0. The summed E-state index contributed by atoms with van der Waals surface area (Å²) < 4.78 is 1.69. The summed E-state index contributed by atoms with van der Waals surface area (Å²) in [6.07, 6.45) is 0. The number of aromatic nitrogens is 2. The highest BCUT2D eigenvalue weighted by atomic mass is 35.5. The van der Waals surface area contributed by atoms with Gasteiger partial charge in [0.1, 0.15) is 5.69 Å². The Hall–Kier alpha value is -2.79. The number of carbonyl (C=O) groups is 1. The Kier molecular flexibility index (Phi) is 5.33. The third-order valence-corrected chi connectivity index (χ3v) is 5.98. The molecule has 1 saturated heterocycles. The fourth-order valence-corrected chi connectivity index (χ4v) is 3.99. The van der Waals surface area contributed by atoms with Crippen LogP contribution in [-0.2, 0) is 7.05 Å². The van der Waals surface area contributed by atoms with Gasteiger partial charge in [0.25, 0.3) is 5.91 Å². The maximum Gasteiger partial charge on any atom is 0.272 e. The molecule has 1 amide bonds. The Bertz CT molecular complexity index is 1050. The molecule has 1 fully saturated rings. The predicted molar refractivity (Wildman–Crippen MR) is 118 cm³/mol. The molecule has 6 heteroatoms. The van der Waals surface area contributed by atoms with E-state index in [-0.39, 0.29) is 5.91 Å². The van der Waals surface area contributed by atoms with Crippen LogP contribution in [0.25, 0.3) is 11.3 Å². The summed E-state index contributed by atoms with van der Waals surface area (Å²) in [5.41, 5.74) is 5.97. The largest absolute Gasteiger partial charge is 0.367 e. The molecular formula is C23H25ClN4O.